The van der Waals surface area contributed by atoms with Gasteiger partial charge in [-0.2, -0.15) is 5.10 Å². The molecule has 2 N–H and O–H groups in total. The van der Waals surface area contributed by atoms with Gasteiger partial charge in [0.05, 0.1) is 6.54 Å². The van der Waals surface area contributed by atoms with Gasteiger partial charge in [-0.3, -0.25) is 9.67 Å². The van der Waals surface area contributed by atoms with Crippen LogP contribution in [0.1, 0.15) is 26.6 Å². The molecule has 0 unspecified atom stereocenters. The number of nitrogens with zero attached hydrogens (tertiary/aromatic N) is 4. The number of aryl methyl sites for hydroxylation is 1. The fraction of sp³-hybridized carbons (Fsp3) is 0.700. The summed E-state index contributed by atoms with van der Waals surface area (Å²) in [4.78, 5) is 8.26. The third-order valence-electron chi connectivity index (χ3n) is 1.94. The lowest BCUT2D eigenvalue weighted by molar-refractivity contribution is 0.500. The van der Waals surface area contributed by atoms with Gasteiger partial charge >= 0.3 is 0 Å². The molecule has 0 spiro atoms. The molecule has 0 atom stereocenters. The van der Waals surface area contributed by atoms with Crippen LogP contribution in [0.2, 0.25) is 0 Å². The monoisotopic (exact) mass is 224 g/mol. The summed E-state index contributed by atoms with van der Waals surface area (Å²) in [5.41, 5.74) is -0.0122. The van der Waals surface area contributed by atoms with E-state index in [9.17, 15) is 0 Å². The second-order valence-corrected chi connectivity index (χ2v) is 4.60. The van der Waals surface area contributed by atoms with Crippen molar-refractivity contribution in [1.82, 2.24) is 25.4 Å². The molecule has 0 aliphatic carbocycles. The molecule has 0 saturated heterocycles. The van der Waals surface area contributed by atoms with Gasteiger partial charge < -0.3 is 10.6 Å². The first kappa shape index (κ1) is 12.5. The Labute approximate surface area is 96.2 Å². The fourth-order valence-electron chi connectivity index (χ4n) is 1.18. The Bertz CT molecular complexity index is 360. The molecule has 1 rings (SSSR count). The van der Waals surface area contributed by atoms with Crippen molar-refractivity contribution < 1.29 is 0 Å². The van der Waals surface area contributed by atoms with Crippen LogP contribution in [0.4, 0.5) is 0 Å². The van der Waals surface area contributed by atoms with Crippen molar-refractivity contribution in [2.24, 2.45) is 12.0 Å². The van der Waals surface area contributed by atoms with Gasteiger partial charge in [-0.25, -0.2) is 4.98 Å². The van der Waals surface area contributed by atoms with Gasteiger partial charge in [0.2, 0.25) is 0 Å². The highest BCUT2D eigenvalue weighted by molar-refractivity contribution is 5.80. The number of nitrogens with one attached hydrogen (secondary N) is 2. The number of rotatable bonds is 2. The summed E-state index contributed by atoms with van der Waals surface area (Å²) in [6, 6.07) is 0. The van der Waals surface area contributed by atoms with E-state index in [2.05, 4.69) is 46.5 Å². The SMILES string of the molecule is CN=C(NCc1ncnn1C)NC(C)(C)C. The molecule has 0 bridgehead atoms. The summed E-state index contributed by atoms with van der Waals surface area (Å²) in [6.45, 7) is 6.86. The normalized spacial score (nSPS) is 12.7. The van der Waals surface area contributed by atoms with E-state index in [-0.39, 0.29) is 5.54 Å². The van der Waals surface area contributed by atoms with Gasteiger partial charge in [0.1, 0.15) is 12.2 Å². The molecule has 90 valence electrons. The second-order valence-electron chi connectivity index (χ2n) is 4.60. The number of hydrogen-bond donors (Lipinski definition) is 2. The van der Waals surface area contributed by atoms with Crippen molar-refractivity contribution in [3.8, 4) is 0 Å². The first-order chi connectivity index (χ1) is 7.42. The van der Waals surface area contributed by atoms with Crippen molar-refractivity contribution in [2.75, 3.05) is 7.05 Å². The summed E-state index contributed by atoms with van der Waals surface area (Å²) < 4.78 is 1.73. The van der Waals surface area contributed by atoms with E-state index in [1.54, 1.807) is 11.7 Å². The summed E-state index contributed by atoms with van der Waals surface area (Å²) in [5.74, 6) is 1.63. The first-order valence-electron chi connectivity index (χ1n) is 5.24. The molecule has 1 aromatic heterocycles. The maximum Gasteiger partial charge on any atom is 0.191 e. The van der Waals surface area contributed by atoms with Crippen LogP contribution < -0.4 is 10.6 Å². The van der Waals surface area contributed by atoms with Crippen molar-refractivity contribution in [2.45, 2.75) is 32.9 Å². The topological polar surface area (TPSA) is 67.1 Å². The van der Waals surface area contributed by atoms with Crippen molar-refractivity contribution >= 4 is 5.96 Å². The molecule has 1 aromatic rings. The average Bonchev–Trinajstić information content (AvgIpc) is 2.57. The highest BCUT2D eigenvalue weighted by Crippen LogP contribution is 1.98. The van der Waals surface area contributed by atoms with Gasteiger partial charge in [-0.1, -0.05) is 0 Å². The van der Waals surface area contributed by atoms with Crippen LogP contribution >= 0.6 is 0 Å². The zero-order valence-corrected chi connectivity index (χ0v) is 10.6. The predicted molar refractivity (Wildman–Crippen MR) is 64.1 cm³/mol. The standard InChI is InChI=1S/C10H20N6/c1-10(2,3)15-9(11-4)12-6-8-13-7-14-16(8)5/h7H,6H2,1-5H3,(H2,11,12,15). The molecule has 0 amide bonds. The average molecular weight is 224 g/mol. The van der Waals surface area contributed by atoms with Crippen LogP contribution in [0, 0.1) is 0 Å². The van der Waals surface area contributed by atoms with Crippen LogP contribution in [0.25, 0.3) is 0 Å². The highest BCUT2D eigenvalue weighted by atomic mass is 15.3. The molecule has 0 aromatic carbocycles. The van der Waals surface area contributed by atoms with Crippen LogP contribution in [0.5, 0.6) is 0 Å². The van der Waals surface area contributed by atoms with Crippen molar-refractivity contribution in [3.05, 3.63) is 12.2 Å². The van der Waals surface area contributed by atoms with Crippen LogP contribution in [-0.2, 0) is 13.6 Å². The van der Waals surface area contributed by atoms with E-state index in [0.717, 1.165) is 11.8 Å². The largest absolute Gasteiger partial charge is 0.352 e. The summed E-state index contributed by atoms with van der Waals surface area (Å²) in [5, 5.41) is 10.5. The molecule has 0 radical (unpaired) electrons. The van der Waals surface area contributed by atoms with Gasteiger partial charge in [0.25, 0.3) is 0 Å². The lowest BCUT2D eigenvalue weighted by Crippen LogP contribution is -2.47. The smallest absolute Gasteiger partial charge is 0.191 e. The number of aromatic nitrogens is 3. The number of guanidine groups is 1. The van der Waals surface area contributed by atoms with E-state index < -0.39 is 0 Å². The number of hydrogen-bond acceptors (Lipinski definition) is 3. The van der Waals surface area contributed by atoms with Crippen molar-refractivity contribution in [1.29, 1.82) is 0 Å². The zero-order valence-electron chi connectivity index (χ0n) is 10.6. The van der Waals surface area contributed by atoms with E-state index in [0.29, 0.717) is 6.54 Å². The molecule has 6 heteroatoms. The fourth-order valence-corrected chi connectivity index (χ4v) is 1.18. The lowest BCUT2D eigenvalue weighted by Gasteiger charge is -2.23. The molecule has 6 nitrogen and oxygen atoms in total. The Kier molecular flexibility index (Phi) is 3.87. The van der Waals surface area contributed by atoms with Crippen molar-refractivity contribution in [3.63, 3.8) is 0 Å². The zero-order chi connectivity index (χ0) is 12.2. The summed E-state index contributed by atoms with van der Waals surface area (Å²) in [6.07, 6.45) is 1.54. The second kappa shape index (κ2) is 4.96. The molecule has 0 fully saturated rings. The van der Waals surface area contributed by atoms with Gasteiger partial charge in [-0.15, -0.1) is 0 Å². The minimum Gasteiger partial charge on any atom is -0.352 e. The third kappa shape index (κ3) is 3.88. The van der Waals surface area contributed by atoms with E-state index >= 15 is 0 Å². The third-order valence-corrected chi connectivity index (χ3v) is 1.94. The Morgan fingerprint density at radius 1 is 1.50 bits per heavy atom. The number of aliphatic imine (C=N–C) groups is 1. The molecular weight excluding hydrogens is 204 g/mol. The maximum absolute atomic E-state index is 4.14. The predicted octanol–water partition coefficient (Wildman–Crippen LogP) is 0.279. The Balaban J connectivity index is 2.51. The summed E-state index contributed by atoms with van der Waals surface area (Å²) in [7, 11) is 3.61. The molecule has 0 saturated carbocycles. The van der Waals surface area contributed by atoms with E-state index in [4.69, 9.17) is 0 Å². The van der Waals surface area contributed by atoms with Crippen LogP contribution in [0.15, 0.2) is 11.3 Å². The quantitative estimate of drug-likeness (QED) is 0.559. The molecule has 0 aliphatic rings. The molecular formula is C10H20N6. The Morgan fingerprint density at radius 2 is 2.19 bits per heavy atom. The van der Waals surface area contributed by atoms with Gasteiger partial charge in [0.15, 0.2) is 5.96 Å². The maximum atomic E-state index is 4.14. The van der Waals surface area contributed by atoms with Crippen LogP contribution in [0.3, 0.4) is 0 Å². The van der Waals surface area contributed by atoms with Crippen LogP contribution in [-0.4, -0.2) is 33.3 Å². The lowest BCUT2D eigenvalue weighted by atomic mass is 10.1. The Hall–Kier alpha value is -1.59. The first-order valence-corrected chi connectivity index (χ1v) is 5.24. The van der Waals surface area contributed by atoms with E-state index in [1.165, 1.54) is 6.33 Å². The van der Waals surface area contributed by atoms with Gasteiger partial charge in [-0.05, 0) is 20.8 Å². The van der Waals surface area contributed by atoms with E-state index in [1.807, 2.05) is 7.05 Å². The Morgan fingerprint density at radius 3 is 2.62 bits per heavy atom. The minimum atomic E-state index is -0.0122. The molecule has 16 heavy (non-hydrogen) atoms. The van der Waals surface area contributed by atoms with Gasteiger partial charge in [0, 0.05) is 19.6 Å². The summed E-state index contributed by atoms with van der Waals surface area (Å²) >= 11 is 0. The molecule has 1 heterocycles. The molecule has 0 aliphatic heterocycles. The minimum absolute atomic E-state index is 0.0122. The highest BCUT2D eigenvalue weighted by Gasteiger charge is 2.12.